The van der Waals surface area contributed by atoms with Crippen molar-refractivity contribution in [3.05, 3.63) is 94.1 Å². The molecule has 0 amide bonds. The van der Waals surface area contributed by atoms with Crippen LogP contribution in [-0.4, -0.2) is 5.16 Å². The van der Waals surface area contributed by atoms with Crippen LogP contribution in [0.15, 0.2) is 65.2 Å². The molecule has 0 aliphatic heterocycles. The molecule has 1 nitrogen and oxygen atoms in total. The molecule has 0 atom stereocenters. The largest absolute Gasteiger partial charge is 0.206 e. The number of halogens is 2. The molecule has 2 aliphatic carbocycles. The minimum absolute atomic E-state index is 0.0667. The van der Waals surface area contributed by atoms with Crippen LogP contribution in [0, 0.1) is 23.5 Å². The summed E-state index contributed by atoms with van der Waals surface area (Å²) >= 11 is 4.51. The zero-order valence-electron chi connectivity index (χ0n) is 18.0. The molecule has 5 rings (SSSR count). The van der Waals surface area contributed by atoms with E-state index in [9.17, 15) is 8.78 Å². The molecule has 0 spiro atoms. The van der Waals surface area contributed by atoms with Gasteiger partial charge in [-0.25, -0.2) is 8.78 Å². The van der Waals surface area contributed by atoms with E-state index in [1.54, 1.807) is 6.07 Å². The molecule has 3 aromatic rings. The van der Waals surface area contributed by atoms with Gasteiger partial charge in [-0.2, -0.15) is 4.99 Å². The molecule has 1 fully saturated rings. The summed E-state index contributed by atoms with van der Waals surface area (Å²) in [7, 11) is 0. The lowest BCUT2D eigenvalue weighted by atomic mass is 9.97. The number of aliphatic imine (C=N–C) groups is 1. The average molecular weight is 454 g/mol. The molecule has 162 valence electrons. The number of hydrogen-bond donors (Lipinski definition) is 0. The Morgan fingerprint density at radius 3 is 2.30 bits per heavy atom. The summed E-state index contributed by atoms with van der Waals surface area (Å²) < 4.78 is 29.2. The van der Waals surface area contributed by atoms with E-state index in [1.807, 2.05) is 18.2 Å². The summed E-state index contributed by atoms with van der Waals surface area (Å²) in [5.41, 5.74) is 5.98. The van der Waals surface area contributed by atoms with Gasteiger partial charge in [0.25, 0.3) is 0 Å². The number of thiocarbonyl (C=S) groups is 1. The second-order valence-electron chi connectivity index (χ2n) is 8.60. The Kier molecular flexibility index (Phi) is 6.01. The standard InChI is InChI=1S/C29H21F2NS/c30-27-16-26(32-18-33)17-28(31)29(27)24-12-11-23-13-20(14-25(23)15-24)6-5-19-7-9-22(10-8-19)21-3-1-2-4-21/h7-13,15-17,21H,1-4,14H2. The summed E-state index contributed by atoms with van der Waals surface area (Å²) in [4.78, 5) is 3.66. The molecular formula is C29H21F2NS. The molecule has 4 heteroatoms. The number of fused-ring (bicyclic) bond motifs is 1. The number of isothiocyanates is 1. The third-order valence-electron chi connectivity index (χ3n) is 6.45. The molecule has 0 aromatic heterocycles. The minimum atomic E-state index is -0.675. The molecule has 3 aromatic carbocycles. The summed E-state index contributed by atoms with van der Waals surface area (Å²) in [5, 5.41) is 2.13. The van der Waals surface area contributed by atoms with Gasteiger partial charge in [-0.05, 0) is 77.5 Å². The summed E-state index contributed by atoms with van der Waals surface area (Å²) in [5.74, 6) is 5.88. The summed E-state index contributed by atoms with van der Waals surface area (Å²) in [6, 6.07) is 16.4. The van der Waals surface area contributed by atoms with E-state index in [2.05, 4.69) is 58.5 Å². The second-order valence-corrected chi connectivity index (χ2v) is 8.78. The van der Waals surface area contributed by atoms with Crippen LogP contribution >= 0.6 is 12.2 Å². The highest BCUT2D eigenvalue weighted by atomic mass is 32.1. The Hall–Kier alpha value is -3.38. The first-order valence-corrected chi connectivity index (χ1v) is 11.5. The highest BCUT2D eigenvalue weighted by Gasteiger charge is 2.18. The fourth-order valence-electron chi connectivity index (χ4n) is 4.78. The smallest absolute Gasteiger partial charge is 0.136 e. The van der Waals surface area contributed by atoms with Crippen LogP contribution in [0.3, 0.4) is 0 Å². The third kappa shape index (κ3) is 4.57. The lowest BCUT2D eigenvalue weighted by Crippen LogP contribution is -1.92. The minimum Gasteiger partial charge on any atom is -0.206 e. The van der Waals surface area contributed by atoms with Crippen LogP contribution < -0.4 is 0 Å². The summed E-state index contributed by atoms with van der Waals surface area (Å²) in [6.07, 6.45) is 7.93. The van der Waals surface area contributed by atoms with E-state index in [1.165, 1.54) is 31.2 Å². The molecular weight excluding hydrogens is 432 g/mol. The monoisotopic (exact) mass is 453 g/mol. The fraction of sp³-hybridized carbons (Fsp3) is 0.207. The van der Waals surface area contributed by atoms with Gasteiger partial charge in [-0.3, -0.25) is 0 Å². The van der Waals surface area contributed by atoms with Crippen molar-refractivity contribution >= 4 is 29.1 Å². The lowest BCUT2D eigenvalue weighted by Gasteiger charge is -2.08. The number of rotatable bonds is 3. The second kappa shape index (κ2) is 9.24. The normalized spacial score (nSPS) is 14.8. The lowest BCUT2D eigenvalue weighted by molar-refractivity contribution is 0.590. The van der Waals surface area contributed by atoms with Crippen molar-refractivity contribution < 1.29 is 8.78 Å². The zero-order chi connectivity index (χ0) is 22.8. The van der Waals surface area contributed by atoms with Crippen molar-refractivity contribution in [2.75, 3.05) is 0 Å². The molecule has 0 saturated heterocycles. The molecule has 0 heterocycles. The SMILES string of the molecule is Fc1cc(N=C=S)cc(F)c1-c1ccc2c(c1)CC(C#Cc1ccc(C3CCCC3)cc1)=C2. The van der Waals surface area contributed by atoms with Crippen LogP contribution in [0.4, 0.5) is 14.5 Å². The van der Waals surface area contributed by atoms with Gasteiger partial charge < -0.3 is 0 Å². The quantitative estimate of drug-likeness (QED) is 0.222. The van der Waals surface area contributed by atoms with Crippen LogP contribution in [0.25, 0.3) is 17.2 Å². The van der Waals surface area contributed by atoms with Gasteiger partial charge in [0.2, 0.25) is 0 Å². The highest BCUT2D eigenvalue weighted by Crippen LogP contribution is 2.35. The van der Waals surface area contributed by atoms with E-state index in [0.29, 0.717) is 17.9 Å². The molecule has 1 saturated carbocycles. The van der Waals surface area contributed by atoms with Gasteiger partial charge in [0.05, 0.1) is 16.4 Å². The Bertz CT molecular complexity index is 1340. The fourth-order valence-corrected chi connectivity index (χ4v) is 4.89. The Morgan fingerprint density at radius 1 is 0.879 bits per heavy atom. The van der Waals surface area contributed by atoms with Gasteiger partial charge in [0, 0.05) is 29.7 Å². The predicted octanol–water partition coefficient (Wildman–Crippen LogP) is 8.01. The van der Waals surface area contributed by atoms with Crippen molar-refractivity contribution in [2.24, 2.45) is 4.99 Å². The molecule has 2 aliphatic rings. The van der Waals surface area contributed by atoms with E-state index >= 15 is 0 Å². The van der Waals surface area contributed by atoms with Crippen LogP contribution in [-0.2, 0) is 6.42 Å². The predicted molar refractivity (Wildman–Crippen MR) is 133 cm³/mol. The third-order valence-corrected chi connectivity index (χ3v) is 6.54. The highest BCUT2D eigenvalue weighted by molar-refractivity contribution is 7.78. The summed E-state index contributed by atoms with van der Waals surface area (Å²) in [6.45, 7) is 0. The van der Waals surface area contributed by atoms with Crippen molar-refractivity contribution in [3.8, 4) is 23.0 Å². The maximum absolute atomic E-state index is 14.6. The first kappa shape index (κ1) is 21.5. The Morgan fingerprint density at radius 2 is 1.61 bits per heavy atom. The van der Waals surface area contributed by atoms with E-state index < -0.39 is 11.6 Å². The first-order chi connectivity index (χ1) is 16.1. The number of allylic oxidation sites excluding steroid dienone is 1. The Balaban J connectivity index is 1.34. The number of hydrogen-bond acceptors (Lipinski definition) is 2. The van der Waals surface area contributed by atoms with Gasteiger partial charge in [0.15, 0.2) is 0 Å². The van der Waals surface area contributed by atoms with Crippen molar-refractivity contribution in [1.82, 2.24) is 0 Å². The number of nitrogens with zero attached hydrogens (tertiary/aromatic N) is 1. The topological polar surface area (TPSA) is 12.4 Å². The van der Waals surface area contributed by atoms with E-state index in [0.717, 1.165) is 34.4 Å². The van der Waals surface area contributed by atoms with Crippen LogP contribution in [0.5, 0.6) is 0 Å². The Labute approximate surface area is 197 Å². The maximum Gasteiger partial charge on any atom is 0.136 e. The molecule has 0 unspecified atom stereocenters. The molecule has 0 bridgehead atoms. The first-order valence-electron chi connectivity index (χ1n) is 11.1. The zero-order valence-corrected chi connectivity index (χ0v) is 18.8. The molecule has 33 heavy (non-hydrogen) atoms. The van der Waals surface area contributed by atoms with Gasteiger partial charge >= 0.3 is 0 Å². The average Bonchev–Trinajstić information content (AvgIpc) is 3.47. The van der Waals surface area contributed by atoms with Crippen molar-refractivity contribution in [3.63, 3.8) is 0 Å². The van der Waals surface area contributed by atoms with Crippen molar-refractivity contribution in [1.29, 1.82) is 0 Å². The van der Waals surface area contributed by atoms with Gasteiger partial charge in [-0.1, -0.05) is 48.9 Å². The molecule has 0 radical (unpaired) electrons. The van der Waals surface area contributed by atoms with Gasteiger partial charge in [-0.15, -0.1) is 0 Å². The van der Waals surface area contributed by atoms with E-state index in [-0.39, 0.29) is 11.3 Å². The van der Waals surface area contributed by atoms with Crippen molar-refractivity contribution in [2.45, 2.75) is 38.0 Å². The number of benzene rings is 3. The van der Waals surface area contributed by atoms with Crippen LogP contribution in [0.1, 0.15) is 53.9 Å². The molecule has 0 N–H and O–H groups in total. The maximum atomic E-state index is 14.6. The van der Waals surface area contributed by atoms with E-state index in [4.69, 9.17) is 0 Å². The van der Waals surface area contributed by atoms with Crippen LogP contribution in [0.2, 0.25) is 0 Å². The van der Waals surface area contributed by atoms with Gasteiger partial charge in [0.1, 0.15) is 11.6 Å².